The molecular formula is C15H13NO. The van der Waals surface area contributed by atoms with Crippen molar-refractivity contribution in [3.05, 3.63) is 60.9 Å². The molecule has 0 unspecified atom stereocenters. The number of fused-ring (bicyclic) bond motifs is 1. The topological polar surface area (TPSA) is 13.6 Å². The van der Waals surface area contributed by atoms with Crippen LogP contribution in [0.5, 0.6) is 5.75 Å². The summed E-state index contributed by atoms with van der Waals surface area (Å²) in [5, 5.41) is 0. The highest BCUT2D eigenvalue weighted by Gasteiger charge is 2.11. The van der Waals surface area contributed by atoms with Crippen LogP contribution < -0.4 is 4.74 Å². The van der Waals surface area contributed by atoms with E-state index in [1.165, 1.54) is 5.56 Å². The summed E-state index contributed by atoms with van der Waals surface area (Å²) >= 11 is 0. The molecule has 0 fully saturated rings. The van der Waals surface area contributed by atoms with Gasteiger partial charge in [0.25, 0.3) is 0 Å². The van der Waals surface area contributed by atoms with Gasteiger partial charge >= 0.3 is 0 Å². The number of methoxy groups -OCH3 is 1. The third-order valence-electron chi connectivity index (χ3n) is 2.92. The summed E-state index contributed by atoms with van der Waals surface area (Å²) in [6.07, 6.45) is 4.13. The van der Waals surface area contributed by atoms with Crippen LogP contribution in [0.1, 0.15) is 0 Å². The van der Waals surface area contributed by atoms with Gasteiger partial charge in [-0.25, -0.2) is 0 Å². The lowest BCUT2D eigenvalue weighted by Crippen LogP contribution is -1.84. The van der Waals surface area contributed by atoms with Crippen LogP contribution in [-0.2, 0) is 0 Å². The molecule has 0 amide bonds. The van der Waals surface area contributed by atoms with Crippen LogP contribution >= 0.6 is 0 Å². The molecule has 0 saturated heterocycles. The molecular weight excluding hydrogens is 210 g/mol. The van der Waals surface area contributed by atoms with Gasteiger partial charge in [0.05, 0.1) is 12.6 Å². The quantitative estimate of drug-likeness (QED) is 0.647. The fourth-order valence-electron chi connectivity index (χ4n) is 2.13. The Labute approximate surface area is 100 Å². The molecule has 0 spiro atoms. The number of pyridine rings is 1. The van der Waals surface area contributed by atoms with Crippen molar-refractivity contribution < 1.29 is 4.74 Å². The van der Waals surface area contributed by atoms with Crippen LogP contribution in [0.2, 0.25) is 0 Å². The molecule has 0 aliphatic heterocycles. The van der Waals surface area contributed by atoms with Gasteiger partial charge in [0.1, 0.15) is 0 Å². The third kappa shape index (κ3) is 1.58. The minimum Gasteiger partial charge on any atom is -0.494 e. The zero-order valence-electron chi connectivity index (χ0n) is 9.63. The summed E-state index contributed by atoms with van der Waals surface area (Å²) in [5.74, 6) is 0.928. The summed E-state index contributed by atoms with van der Waals surface area (Å²) in [4.78, 5) is 0. The van der Waals surface area contributed by atoms with E-state index in [-0.39, 0.29) is 0 Å². The SMILES string of the molecule is COc1c(-c2ccccc2)cn2ccccc12. The number of hydrogen-bond donors (Lipinski definition) is 0. The Morgan fingerprint density at radius 1 is 0.941 bits per heavy atom. The molecule has 0 aliphatic carbocycles. The van der Waals surface area contributed by atoms with E-state index in [2.05, 4.69) is 28.8 Å². The molecule has 2 heterocycles. The van der Waals surface area contributed by atoms with Crippen molar-refractivity contribution in [3.8, 4) is 16.9 Å². The number of nitrogens with zero attached hydrogens (tertiary/aromatic N) is 1. The maximum absolute atomic E-state index is 5.53. The van der Waals surface area contributed by atoms with Crippen LogP contribution in [0.25, 0.3) is 16.6 Å². The maximum Gasteiger partial charge on any atom is 0.152 e. The molecule has 0 saturated carbocycles. The van der Waals surface area contributed by atoms with Crippen LogP contribution in [0.4, 0.5) is 0 Å². The minimum absolute atomic E-state index is 0.928. The zero-order chi connectivity index (χ0) is 11.7. The first-order valence-electron chi connectivity index (χ1n) is 5.59. The third-order valence-corrected chi connectivity index (χ3v) is 2.92. The highest BCUT2D eigenvalue weighted by molar-refractivity contribution is 5.81. The van der Waals surface area contributed by atoms with Gasteiger partial charge in [0.15, 0.2) is 5.75 Å². The molecule has 3 aromatic rings. The van der Waals surface area contributed by atoms with E-state index in [4.69, 9.17) is 4.74 Å². The fraction of sp³-hybridized carbons (Fsp3) is 0.0667. The molecule has 1 aromatic carbocycles. The highest BCUT2D eigenvalue weighted by Crippen LogP contribution is 2.35. The molecule has 0 radical (unpaired) electrons. The van der Waals surface area contributed by atoms with Gasteiger partial charge in [-0.15, -0.1) is 0 Å². The van der Waals surface area contributed by atoms with E-state index >= 15 is 0 Å². The van der Waals surface area contributed by atoms with Crippen LogP contribution in [-0.4, -0.2) is 11.5 Å². The van der Waals surface area contributed by atoms with Gasteiger partial charge < -0.3 is 9.14 Å². The van der Waals surface area contributed by atoms with Crippen molar-refractivity contribution in [2.24, 2.45) is 0 Å². The second-order valence-corrected chi connectivity index (χ2v) is 3.94. The lowest BCUT2D eigenvalue weighted by molar-refractivity contribution is 0.421. The summed E-state index contributed by atoms with van der Waals surface area (Å²) < 4.78 is 7.62. The molecule has 0 atom stereocenters. The summed E-state index contributed by atoms with van der Waals surface area (Å²) in [7, 11) is 1.72. The standard InChI is InChI=1S/C15H13NO/c1-17-15-13(12-7-3-2-4-8-12)11-16-10-6-5-9-14(15)16/h2-11H,1H3. The molecule has 0 aliphatic rings. The lowest BCUT2D eigenvalue weighted by atomic mass is 10.1. The molecule has 2 aromatic heterocycles. The van der Waals surface area contributed by atoms with E-state index in [1.807, 2.05) is 36.5 Å². The van der Waals surface area contributed by atoms with Crippen molar-refractivity contribution in [2.45, 2.75) is 0 Å². The van der Waals surface area contributed by atoms with Crippen LogP contribution in [0, 0.1) is 0 Å². The van der Waals surface area contributed by atoms with Gasteiger partial charge in [-0.3, -0.25) is 0 Å². The first kappa shape index (κ1) is 9.97. The first-order chi connectivity index (χ1) is 8.40. The molecule has 17 heavy (non-hydrogen) atoms. The number of rotatable bonds is 2. The van der Waals surface area contributed by atoms with E-state index in [0.29, 0.717) is 0 Å². The first-order valence-corrected chi connectivity index (χ1v) is 5.59. The Morgan fingerprint density at radius 2 is 1.71 bits per heavy atom. The molecule has 0 N–H and O–H groups in total. The Morgan fingerprint density at radius 3 is 2.47 bits per heavy atom. The van der Waals surface area contributed by atoms with E-state index in [0.717, 1.165) is 16.8 Å². The van der Waals surface area contributed by atoms with Gasteiger partial charge in [0, 0.05) is 18.0 Å². The second kappa shape index (κ2) is 3.98. The fourth-order valence-corrected chi connectivity index (χ4v) is 2.13. The van der Waals surface area contributed by atoms with Gasteiger partial charge in [-0.2, -0.15) is 0 Å². The Hall–Kier alpha value is -2.22. The molecule has 2 heteroatoms. The van der Waals surface area contributed by atoms with Gasteiger partial charge in [-0.1, -0.05) is 36.4 Å². The molecule has 2 nitrogen and oxygen atoms in total. The number of hydrogen-bond acceptors (Lipinski definition) is 1. The van der Waals surface area contributed by atoms with E-state index in [9.17, 15) is 0 Å². The lowest BCUT2D eigenvalue weighted by Gasteiger charge is -2.02. The van der Waals surface area contributed by atoms with Crippen molar-refractivity contribution in [3.63, 3.8) is 0 Å². The Balaban J connectivity index is 2.30. The smallest absolute Gasteiger partial charge is 0.152 e. The molecule has 3 rings (SSSR count). The average Bonchev–Trinajstić information content (AvgIpc) is 2.78. The van der Waals surface area contributed by atoms with Gasteiger partial charge in [0.2, 0.25) is 0 Å². The predicted octanol–water partition coefficient (Wildman–Crippen LogP) is 3.61. The summed E-state index contributed by atoms with van der Waals surface area (Å²) in [6, 6.07) is 16.4. The van der Waals surface area contributed by atoms with Crippen molar-refractivity contribution in [2.75, 3.05) is 7.11 Å². The number of aromatic nitrogens is 1. The van der Waals surface area contributed by atoms with E-state index in [1.54, 1.807) is 7.11 Å². The van der Waals surface area contributed by atoms with Crippen LogP contribution in [0.15, 0.2) is 60.9 Å². The van der Waals surface area contributed by atoms with Crippen molar-refractivity contribution in [1.29, 1.82) is 0 Å². The molecule has 84 valence electrons. The zero-order valence-corrected chi connectivity index (χ0v) is 9.63. The predicted molar refractivity (Wildman–Crippen MR) is 69.4 cm³/mol. The largest absolute Gasteiger partial charge is 0.494 e. The van der Waals surface area contributed by atoms with Crippen molar-refractivity contribution >= 4 is 5.52 Å². The Kier molecular flexibility index (Phi) is 2.33. The van der Waals surface area contributed by atoms with Crippen LogP contribution in [0.3, 0.4) is 0 Å². The average molecular weight is 223 g/mol. The number of ether oxygens (including phenoxy) is 1. The summed E-state index contributed by atoms with van der Waals surface area (Å²) in [5.41, 5.74) is 3.39. The maximum atomic E-state index is 5.53. The monoisotopic (exact) mass is 223 g/mol. The number of benzene rings is 1. The molecule has 0 bridgehead atoms. The normalized spacial score (nSPS) is 10.6. The van der Waals surface area contributed by atoms with E-state index < -0.39 is 0 Å². The Bertz CT molecular complexity index is 640. The summed E-state index contributed by atoms with van der Waals surface area (Å²) in [6.45, 7) is 0. The second-order valence-electron chi connectivity index (χ2n) is 3.94. The highest BCUT2D eigenvalue weighted by atomic mass is 16.5. The van der Waals surface area contributed by atoms with Gasteiger partial charge in [-0.05, 0) is 17.7 Å². The van der Waals surface area contributed by atoms with Crippen molar-refractivity contribution in [1.82, 2.24) is 4.40 Å². The minimum atomic E-state index is 0.928.